The van der Waals surface area contributed by atoms with Crippen LogP contribution in [0.2, 0.25) is 0 Å². The van der Waals surface area contributed by atoms with Gasteiger partial charge in [-0.15, -0.1) is 0 Å². The maximum Gasteiger partial charge on any atom is 0.343 e. The van der Waals surface area contributed by atoms with Crippen LogP contribution in [0.5, 0.6) is 5.75 Å². The molecule has 0 saturated carbocycles. The number of nitrogens with zero attached hydrogens (tertiary/aromatic N) is 2. The first-order valence-electron chi connectivity index (χ1n) is 11.7. The van der Waals surface area contributed by atoms with Crippen LogP contribution in [0.3, 0.4) is 0 Å². The molecule has 0 radical (unpaired) electrons. The van der Waals surface area contributed by atoms with Gasteiger partial charge in [0, 0.05) is 34.5 Å². The highest BCUT2D eigenvalue weighted by molar-refractivity contribution is 6.05. The van der Waals surface area contributed by atoms with Gasteiger partial charge in [0.05, 0.1) is 16.7 Å². The number of carbonyl (C=O) groups is 3. The van der Waals surface area contributed by atoms with Gasteiger partial charge in [-0.3, -0.25) is 19.7 Å². The van der Waals surface area contributed by atoms with Gasteiger partial charge in [-0.1, -0.05) is 35.9 Å². The monoisotopic (exact) mass is 522 g/mol. The van der Waals surface area contributed by atoms with E-state index in [-0.39, 0.29) is 22.6 Å². The minimum absolute atomic E-state index is 0.127. The first-order valence-corrected chi connectivity index (χ1v) is 11.7. The molecule has 0 atom stereocenters. The van der Waals surface area contributed by atoms with E-state index in [0.717, 1.165) is 5.56 Å². The number of nitrogens with one attached hydrogen (secondary N) is 2. The van der Waals surface area contributed by atoms with E-state index in [2.05, 4.69) is 15.8 Å². The maximum atomic E-state index is 12.6. The van der Waals surface area contributed by atoms with Crippen LogP contribution < -0.4 is 15.5 Å². The number of rotatable bonds is 8. The molecule has 0 aliphatic rings. The molecule has 2 N–H and O–H groups in total. The summed E-state index contributed by atoms with van der Waals surface area (Å²) in [6, 6.07) is 25.1. The molecule has 0 saturated heterocycles. The van der Waals surface area contributed by atoms with Crippen LogP contribution in [0.25, 0.3) is 0 Å². The van der Waals surface area contributed by atoms with Crippen molar-refractivity contribution >= 4 is 35.4 Å². The first kappa shape index (κ1) is 26.4. The number of non-ortho nitro benzene ring substituents is 1. The molecule has 0 fully saturated rings. The lowest BCUT2D eigenvalue weighted by Gasteiger charge is -2.08. The molecular formula is C29H22N4O6. The Bertz CT molecular complexity index is 1580. The number of ether oxygens (including phenoxy) is 1. The van der Waals surface area contributed by atoms with Gasteiger partial charge in [-0.05, 0) is 61.5 Å². The molecule has 4 aromatic carbocycles. The van der Waals surface area contributed by atoms with Crippen LogP contribution in [0, 0.1) is 17.0 Å². The topological polar surface area (TPSA) is 140 Å². The number of nitro groups is 1. The van der Waals surface area contributed by atoms with Crippen LogP contribution in [-0.2, 0) is 0 Å². The number of aryl methyl sites for hydroxylation is 1. The fraction of sp³-hybridized carbons (Fsp3) is 0.0345. The van der Waals surface area contributed by atoms with Crippen molar-refractivity contribution in [3.8, 4) is 5.75 Å². The maximum absolute atomic E-state index is 12.6. The predicted octanol–water partition coefficient (Wildman–Crippen LogP) is 5.14. The molecule has 4 rings (SSSR count). The second-order valence-corrected chi connectivity index (χ2v) is 8.33. The summed E-state index contributed by atoms with van der Waals surface area (Å²) in [6.45, 7) is 1.88. The summed E-state index contributed by atoms with van der Waals surface area (Å²) < 4.78 is 5.52. The molecule has 0 unspecified atom stereocenters. The Kier molecular flexibility index (Phi) is 8.17. The highest BCUT2D eigenvalue weighted by Gasteiger charge is 2.13. The normalized spacial score (nSPS) is 10.6. The van der Waals surface area contributed by atoms with Crippen molar-refractivity contribution in [1.29, 1.82) is 0 Å². The van der Waals surface area contributed by atoms with Crippen molar-refractivity contribution in [2.45, 2.75) is 6.92 Å². The van der Waals surface area contributed by atoms with Gasteiger partial charge in [-0.2, -0.15) is 5.10 Å². The summed E-state index contributed by atoms with van der Waals surface area (Å²) in [6.07, 6.45) is 1.36. The zero-order chi connectivity index (χ0) is 27.8. The van der Waals surface area contributed by atoms with Crippen molar-refractivity contribution in [2.75, 3.05) is 5.32 Å². The number of carbonyl (C=O) groups excluding carboxylic acids is 3. The third kappa shape index (κ3) is 6.98. The van der Waals surface area contributed by atoms with Gasteiger partial charge in [-0.25, -0.2) is 10.2 Å². The number of amides is 2. The van der Waals surface area contributed by atoms with Crippen LogP contribution in [0.1, 0.15) is 42.2 Å². The third-order valence-electron chi connectivity index (χ3n) is 5.47. The molecule has 0 aliphatic carbocycles. The minimum atomic E-state index is -0.553. The fourth-order valence-corrected chi connectivity index (χ4v) is 3.51. The highest BCUT2D eigenvalue weighted by atomic mass is 16.6. The molecule has 2 amide bonds. The van der Waals surface area contributed by atoms with E-state index >= 15 is 0 Å². The zero-order valence-electron chi connectivity index (χ0n) is 20.7. The largest absolute Gasteiger partial charge is 0.422 e. The van der Waals surface area contributed by atoms with Gasteiger partial charge in [0.25, 0.3) is 17.5 Å². The Balaban J connectivity index is 1.39. The van der Waals surface area contributed by atoms with Crippen molar-refractivity contribution < 1.29 is 24.0 Å². The smallest absolute Gasteiger partial charge is 0.343 e. The second-order valence-electron chi connectivity index (χ2n) is 8.33. The number of esters is 1. The van der Waals surface area contributed by atoms with E-state index in [0.29, 0.717) is 16.8 Å². The summed E-state index contributed by atoms with van der Waals surface area (Å²) in [7, 11) is 0. The average Bonchev–Trinajstić information content (AvgIpc) is 2.94. The van der Waals surface area contributed by atoms with Crippen molar-refractivity contribution in [2.24, 2.45) is 5.10 Å². The van der Waals surface area contributed by atoms with Gasteiger partial charge in [0.2, 0.25) is 0 Å². The molecule has 0 aromatic heterocycles. The molecule has 194 valence electrons. The lowest BCUT2D eigenvalue weighted by molar-refractivity contribution is -0.384. The van der Waals surface area contributed by atoms with Crippen LogP contribution in [0.15, 0.2) is 102 Å². The third-order valence-corrected chi connectivity index (χ3v) is 5.47. The highest BCUT2D eigenvalue weighted by Crippen LogP contribution is 2.19. The quantitative estimate of drug-likeness (QED) is 0.108. The van der Waals surface area contributed by atoms with Gasteiger partial charge >= 0.3 is 5.97 Å². The zero-order valence-corrected chi connectivity index (χ0v) is 20.7. The Morgan fingerprint density at radius 3 is 2.28 bits per heavy atom. The predicted molar refractivity (Wildman–Crippen MR) is 145 cm³/mol. The first-order chi connectivity index (χ1) is 18.8. The average molecular weight is 523 g/mol. The second kappa shape index (κ2) is 12.1. The molecule has 10 nitrogen and oxygen atoms in total. The molecule has 10 heteroatoms. The Morgan fingerprint density at radius 1 is 0.821 bits per heavy atom. The molecule has 0 spiro atoms. The molecule has 4 aromatic rings. The van der Waals surface area contributed by atoms with Crippen LogP contribution >= 0.6 is 0 Å². The minimum Gasteiger partial charge on any atom is -0.422 e. The summed E-state index contributed by atoms with van der Waals surface area (Å²) >= 11 is 0. The Hall–Kier alpha value is -5.64. The molecular weight excluding hydrogens is 500 g/mol. The summed E-state index contributed by atoms with van der Waals surface area (Å²) in [5.41, 5.74) is 4.90. The number of hydrazone groups is 1. The van der Waals surface area contributed by atoms with Gasteiger partial charge in [0.15, 0.2) is 0 Å². The van der Waals surface area contributed by atoms with Crippen LogP contribution in [0.4, 0.5) is 11.4 Å². The van der Waals surface area contributed by atoms with Crippen molar-refractivity contribution in [1.82, 2.24) is 5.43 Å². The van der Waals surface area contributed by atoms with E-state index < -0.39 is 22.7 Å². The number of anilines is 1. The molecule has 0 bridgehead atoms. The van der Waals surface area contributed by atoms with Crippen LogP contribution in [-0.4, -0.2) is 28.9 Å². The fourth-order valence-electron chi connectivity index (χ4n) is 3.51. The number of benzene rings is 4. The number of nitro benzene ring substituents is 1. The van der Waals surface area contributed by atoms with Gasteiger partial charge in [0.1, 0.15) is 5.75 Å². The van der Waals surface area contributed by atoms with Crippen molar-refractivity contribution in [3.05, 3.63) is 135 Å². The van der Waals surface area contributed by atoms with E-state index in [1.165, 1.54) is 36.5 Å². The lowest BCUT2D eigenvalue weighted by Crippen LogP contribution is -2.18. The van der Waals surface area contributed by atoms with E-state index in [9.17, 15) is 24.5 Å². The van der Waals surface area contributed by atoms with E-state index in [1.807, 2.05) is 13.0 Å². The van der Waals surface area contributed by atoms with E-state index in [4.69, 9.17) is 4.74 Å². The summed E-state index contributed by atoms with van der Waals surface area (Å²) in [4.78, 5) is 47.9. The summed E-state index contributed by atoms with van der Waals surface area (Å²) in [5, 5.41) is 17.4. The SMILES string of the molecule is Cc1cccc(C(=O)Oc2ccccc2C=NNC(=O)c2cccc(NC(=O)c3ccc([N+](=O)[O-])cc3)c2)c1. The Morgan fingerprint density at radius 2 is 1.54 bits per heavy atom. The van der Waals surface area contributed by atoms with Gasteiger partial charge < -0.3 is 10.1 Å². The molecule has 0 aliphatic heterocycles. The summed E-state index contributed by atoms with van der Waals surface area (Å²) in [5.74, 6) is -1.27. The van der Waals surface area contributed by atoms with E-state index in [1.54, 1.807) is 60.7 Å². The molecule has 0 heterocycles. The number of para-hydroxylation sites is 1. The lowest BCUT2D eigenvalue weighted by atomic mass is 10.1. The molecule has 39 heavy (non-hydrogen) atoms. The number of hydrogen-bond donors (Lipinski definition) is 2. The standard InChI is InChI=1S/C29H22N4O6/c1-19-6-4-9-22(16-19)29(36)39-26-11-3-2-7-23(26)18-30-32-28(35)21-8-5-10-24(17-21)31-27(34)20-12-14-25(15-13-20)33(37)38/h2-18H,1H3,(H,31,34)(H,32,35). The van der Waals surface area contributed by atoms with Crippen molar-refractivity contribution in [3.63, 3.8) is 0 Å². The Labute approximate surface area is 223 Å². The number of hydrogen-bond acceptors (Lipinski definition) is 7.